The summed E-state index contributed by atoms with van der Waals surface area (Å²) >= 11 is 0. The standard InChI is InChI=1S/C23H29N3O2/c1-25(20-10-7-13-24-22(20)16-8-5-4-6-9-16)21-15-17-14-18(28-3)11-12-19(17)26(2)23(21)27/h4-6,8-9,11-12,14,20-22,24H,7,10,13,15H2,1-3H3/t20-,21?,22-/m0/s1. The predicted octanol–water partition coefficient (Wildman–Crippen LogP) is 3.01. The second-order valence-electron chi connectivity index (χ2n) is 7.83. The van der Waals surface area contributed by atoms with Crippen LogP contribution in [0.15, 0.2) is 48.5 Å². The van der Waals surface area contributed by atoms with Crippen LogP contribution in [0, 0.1) is 0 Å². The van der Waals surface area contributed by atoms with Gasteiger partial charge >= 0.3 is 0 Å². The van der Waals surface area contributed by atoms with Crippen LogP contribution < -0.4 is 15.0 Å². The SMILES string of the molecule is COc1ccc2c(c1)CC(N(C)[C@H]1CCCN[C@H]1c1ccccc1)C(=O)N2C. The third-order valence-electron chi connectivity index (χ3n) is 6.28. The summed E-state index contributed by atoms with van der Waals surface area (Å²) in [5.74, 6) is 1.00. The molecule has 2 aliphatic rings. The van der Waals surface area contributed by atoms with Gasteiger partial charge in [-0.05, 0) is 62.2 Å². The number of benzene rings is 2. The molecule has 2 aromatic carbocycles. The highest BCUT2D eigenvalue weighted by Gasteiger charge is 2.39. The molecule has 0 radical (unpaired) electrons. The summed E-state index contributed by atoms with van der Waals surface area (Å²) < 4.78 is 5.40. The fraction of sp³-hybridized carbons (Fsp3) is 0.435. The molecular weight excluding hydrogens is 350 g/mol. The molecule has 1 saturated heterocycles. The van der Waals surface area contributed by atoms with Gasteiger partial charge in [-0.2, -0.15) is 0 Å². The van der Waals surface area contributed by atoms with E-state index in [1.807, 2.05) is 19.2 Å². The van der Waals surface area contributed by atoms with Crippen molar-refractivity contribution in [1.29, 1.82) is 0 Å². The fourth-order valence-electron chi connectivity index (χ4n) is 4.68. The molecule has 3 atom stereocenters. The zero-order valence-corrected chi connectivity index (χ0v) is 16.9. The van der Waals surface area contributed by atoms with Crippen molar-refractivity contribution < 1.29 is 9.53 Å². The number of fused-ring (bicyclic) bond motifs is 1. The van der Waals surface area contributed by atoms with Gasteiger partial charge in [-0.15, -0.1) is 0 Å². The number of methoxy groups -OCH3 is 1. The number of likely N-dealkylation sites (N-methyl/N-ethyl adjacent to an activating group) is 2. The number of rotatable bonds is 4. The summed E-state index contributed by atoms with van der Waals surface area (Å²) in [6.07, 6.45) is 2.92. The third kappa shape index (κ3) is 3.40. The van der Waals surface area contributed by atoms with Gasteiger partial charge in [0, 0.05) is 24.8 Å². The van der Waals surface area contributed by atoms with Crippen LogP contribution in [-0.2, 0) is 11.2 Å². The van der Waals surface area contributed by atoms with Gasteiger partial charge in [-0.3, -0.25) is 9.69 Å². The van der Waals surface area contributed by atoms with Crippen LogP contribution in [0.4, 0.5) is 5.69 Å². The zero-order chi connectivity index (χ0) is 19.7. The van der Waals surface area contributed by atoms with Crippen molar-refractivity contribution in [2.24, 2.45) is 0 Å². The molecular formula is C23H29N3O2. The van der Waals surface area contributed by atoms with Gasteiger partial charge < -0.3 is 15.0 Å². The van der Waals surface area contributed by atoms with E-state index in [0.717, 1.165) is 30.8 Å². The van der Waals surface area contributed by atoms with Crippen LogP contribution in [-0.4, -0.2) is 50.6 Å². The molecule has 5 heteroatoms. The Morgan fingerprint density at radius 2 is 1.96 bits per heavy atom. The van der Waals surface area contributed by atoms with Crippen molar-refractivity contribution >= 4 is 11.6 Å². The Hall–Kier alpha value is -2.37. The predicted molar refractivity (Wildman–Crippen MR) is 112 cm³/mol. The first kappa shape index (κ1) is 19.0. The fourth-order valence-corrected chi connectivity index (χ4v) is 4.68. The molecule has 0 aromatic heterocycles. The first-order valence-electron chi connectivity index (χ1n) is 10.0. The number of amides is 1. The molecule has 2 aromatic rings. The van der Waals surface area contributed by atoms with Crippen molar-refractivity contribution in [2.75, 3.05) is 32.6 Å². The first-order chi connectivity index (χ1) is 13.6. The summed E-state index contributed by atoms with van der Waals surface area (Å²) in [7, 11) is 5.66. The summed E-state index contributed by atoms with van der Waals surface area (Å²) in [5.41, 5.74) is 3.44. The maximum absolute atomic E-state index is 13.2. The summed E-state index contributed by atoms with van der Waals surface area (Å²) in [6, 6.07) is 16.9. The average Bonchev–Trinajstić information content (AvgIpc) is 2.76. The summed E-state index contributed by atoms with van der Waals surface area (Å²) in [6.45, 7) is 1.02. The molecule has 0 saturated carbocycles. The monoisotopic (exact) mass is 379 g/mol. The van der Waals surface area contributed by atoms with Crippen LogP contribution in [0.1, 0.15) is 30.0 Å². The number of ether oxygens (including phenoxy) is 1. The molecule has 28 heavy (non-hydrogen) atoms. The highest BCUT2D eigenvalue weighted by Crippen LogP contribution is 2.35. The van der Waals surface area contributed by atoms with Crippen LogP contribution >= 0.6 is 0 Å². The molecule has 148 valence electrons. The molecule has 0 spiro atoms. The molecule has 1 unspecified atom stereocenters. The highest BCUT2D eigenvalue weighted by atomic mass is 16.5. The van der Waals surface area contributed by atoms with E-state index >= 15 is 0 Å². The first-order valence-corrected chi connectivity index (χ1v) is 10.0. The number of carbonyl (C=O) groups is 1. The number of nitrogens with one attached hydrogen (secondary N) is 1. The third-order valence-corrected chi connectivity index (χ3v) is 6.28. The van der Waals surface area contributed by atoms with Crippen LogP contribution in [0.3, 0.4) is 0 Å². The quantitative estimate of drug-likeness (QED) is 0.887. The van der Waals surface area contributed by atoms with Gasteiger partial charge in [0.15, 0.2) is 0 Å². The Bertz CT molecular complexity index is 839. The van der Waals surface area contributed by atoms with Gasteiger partial charge in [0.25, 0.3) is 0 Å². The molecule has 2 heterocycles. The zero-order valence-electron chi connectivity index (χ0n) is 16.9. The maximum Gasteiger partial charge on any atom is 0.244 e. The van der Waals surface area contributed by atoms with Gasteiger partial charge in [0.05, 0.1) is 13.2 Å². The smallest absolute Gasteiger partial charge is 0.244 e. The van der Waals surface area contributed by atoms with Gasteiger partial charge in [-0.25, -0.2) is 0 Å². The van der Waals surface area contributed by atoms with Crippen LogP contribution in [0.25, 0.3) is 0 Å². The lowest BCUT2D eigenvalue weighted by Gasteiger charge is -2.44. The van der Waals surface area contributed by atoms with Gasteiger partial charge in [0.2, 0.25) is 5.91 Å². The van der Waals surface area contributed by atoms with Crippen molar-refractivity contribution in [3.05, 3.63) is 59.7 Å². The van der Waals surface area contributed by atoms with E-state index in [4.69, 9.17) is 4.74 Å². The molecule has 1 N–H and O–H groups in total. The van der Waals surface area contributed by atoms with Crippen LogP contribution in [0.2, 0.25) is 0 Å². The largest absolute Gasteiger partial charge is 0.497 e. The molecule has 1 amide bonds. The Morgan fingerprint density at radius 3 is 2.71 bits per heavy atom. The normalized spacial score (nSPS) is 24.9. The molecule has 5 nitrogen and oxygen atoms in total. The Morgan fingerprint density at radius 1 is 1.18 bits per heavy atom. The Labute approximate surface area is 167 Å². The molecule has 0 aliphatic carbocycles. The van der Waals surface area contributed by atoms with Crippen molar-refractivity contribution in [3.63, 3.8) is 0 Å². The van der Waals surface area contributed by atoms with E-state index < -0.39 is 0 Å². The molecule has 4 rings (SSSR count). The topological polar surface area (TPSA) is 44.8 Å². The maximum atomic E-state index is 13.2. The van der Waals surface area contributed by atoms with E-state index in [2.05, 4.69) is 53.7 Å². The second-order valence-corrected chi connectivity index (χ2v) is 7.83. The van der Waals surface area contributed by atoms with Crippen molar-refractivity contribution in [1.82, 2.24) is 10.2 Å². The molecule has 2 aliphatic heterocycles. The lowest BCUT2D eigenvalue weighted by atomic mass is 9.88. The summed E-state index contributed by atoms with van der Waals surface area (Å²) in [5, 5.41) is 3.68. The van der Waals surface area contributed by atoms with E-state index in [1.54, 1.807) is 12.0 Å². The number of anilines is 1. The minimum atomic E-state index is -0.166. The van der Waals surface area contributed by atoms with Crippen molar-refractivity contribution in [2.45, 2.75) is 37.4 Å². The number of nitrogens with zero attached hydrogens (tertiary/aromatic N) is 2. The minimum absolute atomic E-state index is 0.164. The van der Waals surface area contributed by atoms with E-state index in [-0.39, 0.29) is 24.0 Å². The average molecular weight is 380 g/mol. The molecule has 1 fully saturated rings. The number of carbonyl (C=O) groups excluding carboxylic acids is 1. The highest BCUT2D eigenvalue weighted by molar-refractivity contribution is 6.00. The lowest BCUT2D eigenvalue weighted by Crippen LogP contribution is -2.57. The molecule has 0 bridgehead atoms. The minimum Gasteiger partial charge on any atom is -0.497 e. The van der Waals surface area contributed by atoms with Crippen LogP contribution in [0.5, 0.6) is 5.75 Å². The number of hydrogen-bond acceptors (Lipinski definition) is 4. The second kappa shape index (κ2) is 7.94. The summed E-state index contributed by atoms with van der Waals surface area (Å²) in [4.78, 5) is 17.3. The van der Waals surface area contributed by atoms with Gasteiger partial charge in [0.1, 0.15) is 5.75 Å². The lowest BCUT2D eigenvalue weighted by molar-refractivity contribution is -0.124. The van der Waals surface area contributed by atoms with Crippen molar-refractivity contribution in [3.8, 4) is 5.75 Å². The van der Waals surface area contributed by atoms with E-state index in [0.29, 0.717) is 6.42 Å². The van der Waals surface area contributed by atoms with Gasteiger partial charge in [-0.1, -0.05) is 30.3 Å². The van der Waals surface area contributed by atoms with E-state index in [9.17, 15) is 4.79 Å². The number of hydrogen-bond donors (Lipinski definition) is 1. The van der Waals surface area contributed by atoms with E-state index in [1.165, 1.54) is 11.1 Å². The number of piperidine rings is 1. The Kier molecular flexibility index (Phi) is 5.38. The Balaban J connectivity index is 1.62.